The Kier molecular flexibility index (Phi) is 3.98. The number of nitrogens with zero attached hydrogens (tertiary/aromatic N) is 1. The Morgan fingerprint density at radius 2 is 1.38 bits per heavy atom. The highest BCUT2D eigenvalue weighted by Gasteiger charge is 2.32. The van der Waals surface area contributed by atoms with E-state index in [2.05, 4.69) is 60.4 Å². The zero-order chi connectivity index (χ0) is 10.9. The van der Waals surface area contributed by atoms with Gasteiger partial charge >= 0.3 is 0 Å². The summed E-state index contributed by atoms with van der Waals surface area (Å²) in [7, 11) is 2.24. The van der Waals surface area contributed by atoms with Crippen LogP contribution in [0.3, 0.4) is 0 Å². The summed E-state index contributed by atoms with van der Waals surface area (Å²) in [6, 6.07) is 0.660. The molecule has 0 bridgehead atoms. The first-order valence-electron chi connectivity index (χ1n) is 5.33. The monoisotopic (exact) mass is 185 g/mol. The van der Waals surface area contributed by atoms with Crippen LogP contribution in [0, 0.1) is 5.41 Å². The average Bonchev–Trinajstić information content (AvgIpc) is 1.83. The van der Waals surface area contributed by atoms with Crippen LogP contribution < -0.4 is 0 Å². The van der Waals surface area contributed by atoms with Crippen molar-refractivity contribution in [1.82, 2.24) is 4.90 Å². The maximum absolute atomic E-state index is 2.49. The highest BCUT2D eigenvalue weighted by atomic mass is 15.2. The summed E-state index contributed by atoms with van der Waals surface area (Å²) in [5, 5.41) is 0. The highest BCUT2D eigenvalue weighted by Crippen LogP contribution is 2.30. The van der Waals surface area contributed by atoms with Gasteiger partial charge in [0.2, 0.25) is 0 Å². The molecule has 0 heterocycles. The Hall–Kier alpha value is -0.0400. The van der Waals surface area contributed by atoms with Crippen molar-refractivity contribution >= 4 is 0 Å². The topological polar surface area (TPSA) is 3.24 Å². The molecule has 0 aliphatic carbocycles. The number of rotatable bonds is 2. The molecule has 0 aromatic carbocycles. The molecule has 1 unspecified atom stereocenters. The van der Waals surface area contributed by atoms with Gasteiger partial charge in [0.25, 0.3) is 0 Å². The molecule has 0 aliphatic rings. The quantitative estimate of drug-likeness (QED) is 0.636. The standard InChI is InChI=1S/C12H27N/c1-9-10(11(2,3)4)13(8)12(5,6)7/h10H,9H2,1-8H3. The minimum absolute atomic E-state index is 0.272. The summed E-state index contributed by atoms with van der Waals surface area (Å²) in [6.07, 6.45) is 1.22. The van der Waals surface area contributed by atoms with Crippen LogP contribution in [-0.4, -0.2) is 23.5 Å². The molecule has 0 aliphatic heterocycles. The van der Waals surface area contributed by atoms with Crippen molar-refractivity contribution in [2.24, 2.45) is 5.41 Å². The third-order valence-corrected chi connectivity index (χ3v) is 2.91. The van der Waals surface area contributed by atoms with Gasteiger partial charge in [-0.15, -0.1) is 0 Å². The molecule has 80 valence electrons. The lowest BCUT2D eigenvalue weighted by atomic mass is 9.82. The molecule has 0 radical (unpaired) electrons. The fourth-order valence-electron chi connectivity index (χ4n) is 1.93. The Labute approximate surface area is 84.5 Å². The second-order valence-corrected chi connectivity index (χ2v) is 6.07. The summed E-state index contributed by atoms with van der Waals surface area (Å²) in [5.41, 5.74) is 0.644. The summed E-state index contributed by atoms with van der Waals surface area (Å²) in [6.45, 7) is 16.1. The summed E-state index contributed by atoms with van der Waals surface area (Å²) >= 11 is 0. The van der Waals surface area contributed by atoms with Gasteiger partial charge in [0.1, 0.15) is 0 Å². The highest BCUT2D eigenvalue weighted by molar-refractivity contribution is 4.86. The van der Waals surface area contributed by atoms with Crippen LogP contribution in [0.5, 0.6) is 0 Å². The third-order valence-electron chi connectivity index (χ3n) is 2.91. The fourth-order valence-corrected chi connectivity index (χ4v) is 1.93. The van der Waals surface area contributed by atoms with Crippen LogP contribution >= 0.6 is 0 Å². The van der Waals surface area contributed by atoms with E-state index < -0.39 is 0 Å². The van der Waals surface area contributed by atoms with E-state index in [1.165, 1.54) is 6.42 Å². The second kappa shape index (κ2) is 4.00. The van der Waals surface area contributed by atoms with Crippen molar-refractivity contribution in [3.63, 3.8) is 0 Å². The maximum atomic E-state index is 2.49. The first-order valence-corrected chi connectivity index (χ1v) is 5.33. The van der Waals surface area contributed by atoms with Crippen LogP contribution in [0.4, 0.5) is 0 Å². The van der Waals surface area contributed by atoms with E-state index in [1.807, 2.05) is 0 Å². The molecule has 1 atom stereocenters. The Morgan fingerprint density at radius 1 is 1.00 bits per heavy atom. The van der Waals surface area contributed by atoms with Gasteiger partial charge in [-0.25, -0.2) is 0 Å². The lowest BCUT2D eigenvalue weighted by Crippen LogP contribution is -2.50. The summed E-state index contributed by atoms with van der Waals surface area (Å²) < 4.78 is 0. The SMILES string of the molecule is CCC(N(C)C(C)(C)C)C(C)(C)C. The lowest BCUT2D eigenvalue weighted by Gasteiger charge is -2.44. The van der Waals surface area contributed by atoms with E-state index in [-0.39, 0.29) is 5.54 Å². The van der Waals surface area contributed by atoms with Crippen LogP contribution in [0.25, 0.3) is 0 Å². The van der Waals surface area contributed by atoms with Gasteiger partial charge in [0.15, 0.2) is 0 Å². The molecule has 0 spiro atoms. The molecule has 0 rings (SSSR count). The predicted molar refractivity (Wildman–Crippen MR) is 61.1 cm³/mol. The van der Waals surface area contributed by atoms with Crippen molar-refractivity contribution in [3.05, 3.63) is 0 Å². The lowest BCUT2D eigenvalue weighted by molar-refractivity contribution is 0.0454. The average molecular weight is 185 g/mol. The smallest absolute Gasteiger partial charge is 0.0143 e. The Balaban J connectivity index is 4.61. The maximum Gasteiger partial charge on any atom is 0.0143 e. The van der Waals surface area contributed by atoms with Gasteiger partial charge < -0.3 is 0 Å². The second-order valence-electron chi connectivity index (χ2n) is 6.07. The molecule has 1 nitrogen and oxygen atoms in total. The van der Waals surface area contributed by atoms with E-state index >= 15 is 0 Å². The van der Waals surface area contributed by atoms with Crippen molar-refractivity contribution in [1.29, 1.82) is 0 Å². The van der Waals surface area contributed by atoms with Gasteiger partial charge in [-0.2, -0.15) is 0 Å². The van der Waals surface area contributed by atoms with Crippen LogP contribution in [0.2, 0.25) is 0 Å². The van der Waals surface area contributed by atoms with Gasteiger partial charge in [0, 0.05) is 11.6 Å². The van der Waals surface area contributed by atoms with Gasteiger partial charge in [-0.3, -0.25) is 4.90 Å². The Morgan fingerprint density at radius 3 is 1.46 bits per heavy atom. The van der Waals surface area contributed by atoms with E-state index in [9.17, 15) is 0 Å². The first-order chi connectivity index (χ1) is 5.60. The van der Waals surface area contributed by atoms with Gasteiger partial charge in [-0.1, -0.05) is 27.7 Å². The molecule has 0 saturated carbocycles. The molecular formula is C12H27N. The molecule has 0 N–H and O–H groups in total. The van der Waals surface area contributed by atoms with E-state index in [0.717, 1.165) is 0 Å². The number of hydrogen-bond acceptors (Lipinski definition) is 1. The minimum Gasteiger partial charge on any atom is -0.298 e. The molecule has 0 amide bonds. The molecule has 1 heteroatoms. The van der Waals surface area contributed by atoms with E-state index in [4.69, 9.17) is 0 Å². The molecular weight excluding hydrogens is 158 g/mol. The molecule has 0 saturated heterocycles. The van der Waals surface area contributed by atoms with Crippen molar-refractivity contribution in [2.75, 3.05) is 7.05 Å². The van der Waals surface area contributed by atoms with Crippen molar-refractivity contribution in [3.8, 4) is 0 Å². The van der Waals surface area contributed by atoms with Crippen molar-refractivity contribution < 1.29 is 0 Å². The fraction of sp³-hybridized carbons (Fsp3) is 1.00. The normalized spacial score (nSPS) is 16.4. The number of hydrogen-bond donors (Lipinski definition) is 0. The summed E-state index contributed by atoms with van der Waals surface area (Å²) in [4.78, 5) is 2.49. The van der Waals surface area contributed by atoms with Crippen LogP contribution in [0.15, 0.2) is 0 Å². The largest absolute Gasteiger partial charge is 0.298 e. The van der Waals surface area contributed by atoms with Crippen LogP contribution in [0.1, 0.15) is 54.9 Å². The minimum atomic E-state index is 0.272. The molecule has 0 aromatic heterocycles. The van der Waals surface area contributed by atoms with Gasteiger partial charge in [-0.05, 0) is 39.7 Å². The van der Waals surface area contributed by atoms with Crippen LogP contribution in [-0.2, 0) is 0 Å². The molecule has 0 fully saturated rings. The zero-order valence-electron chi connectivity index (χ0n) is 10.7. The predicted octanol–water partition coefficient (Wildman–Crippen LogP) is 3.54. The summed E-state index contributed by atoms with van der Waals surface area (Å²) in [5.74, 6) is 0. The third kappa shape index (κ3) is 3.68. The van der Waals surface area contributed by atoms with E-state index in [1.54, 1.807) is 0 Å². The zero-order valence-corrected chi connectivity index (χ0v) is 10.7. The first kappa shape index (κ1) is 13.0. The molecule has 13 heavy (non-hydrogen) atoms. The van der Waals surface area contributed by atoms with Gasteiger partial charge in [0.05, 0.1) is 0 Å². The Bertz CT molecular complexity index is 147. The molecule has 0 aromatic rings. The van der Waals surface area contributed by atoms with Crippen molar-refractivity contribution in [2.45, 2.75) is 66.5 Å². The van der Waals surface area contributed by atoms with E-state index in [0.29, 0.717) is 11.5 Å².